The normalized spacial score (nSPS) is 11.8. The van der Waals surface area contributed by atoms with Crippen molar-refractivity contribution in [2.24, 2.45) is 0 Å². The van der Waals surface area contributed by atoms with Gasteiger partial charge in [0.2, 0.25) is 0 Å². The zero-order valence-electron chi connectivity index (χ0n) is 12.1. The molecule has 0 aliphatic heterocycles. The zero-order chi connectivity index (χ0) is 15.6. The van der Waals surface area contributed by atoms with Crippen LogP contribution in [0, 0.1) is 0 Å². The maximum Gasteiger partial charge on any atom is 0.338 e. The van der Waals surface area contributed by atoms with Gasteiger partial charge >= 0.3 is 5.97 Å². The smallest absolute Gasteiger partial charge is 0.338 e. The highest BCUT2D eigenvalue weighted by molar-refractivity contribution is 6.26. The average molecular weight is 300 g/mol. The highest BCUT2D eigenvalue weighted by Crippen LogP contribution is 2.36. The van der Waals surface area contributed by atoms with Crippen molar-refractivity contribution in [3.8, 4) is 0 Å². The van der Waals surface area contributed by atoms with Crippen LogP contribution < -0.4 is 0 Å². The monoisotopic (exact) mass is 300 g/mol. The topological polar surface area (TPSA) is 68.9 Å². The van der Waals surface area contributed by atoms with Crippen LogP contribution in [-0.2, 0) is 0 Å². The number of hydrogen-bond acceptors (Lipinski definition) is 1. The first-order chi connectivity index (χ1) is 11.2. The summed E-state index contributed by atoms with van der Waals surface area (Å²) in [5.74, 6) is -0.920. The molecule has 5 aromatic rings. The molecule has 0 aliphatic rings. The van der Waals surface area contributed by atoms with Crippen LogP contribution in [0.4, 0.5) is 0 Å². The SMILES string of the molecule is O=C(O)c1c2[nH]c3ccccc3c2cc2[nH]c3ccccc3c12. The lowest BCUT2D eigenvalue weighted by atomic mass is 10.0. The molecule has 0 fully saturated rings. The minimum Gasteiger partial charge on any atom is -0.478 e. The van der Waals surface area contributed by atoms with Crippen molar-refractivity contribution in [3.63, 3.8) is 0 Å². The molecule has 5 rings (SSSR count). The summed E-state index contributed by atoms with van der Waals surface area (Å²) in [5.41, 5.74) is 3.74. The summed E-state index contributed by atoms with van der Waals surface area (Å²) in [4.78, 5) is 18.6. The van der Waals surface area contributed by atoms with Crippen LogP contribution in [0.3, 0.4) is 0 Å². The number of para-hydroxylation sites is 2. The Morgan fingerprint density at radius 1 is 0.783 bits per heavy atom. The fourth-order valence-electron chi connectivity index (χ4n) is 3.53. The van der Waals surface area contributed by atoms with Gasteiger partial charge in [0.1, 0.15) is 0 Å². The number of carboxylic acid groups (broad SMARTS) is 1. The molecule has 4 nitrogen and oxygen atoms in total. The van der Waals surface area contributed by atoms with Crippen LogP contribution >= 0.6 is 0 Å². The number of aromatic nitrogens is 2. The Kier molecular flexibility index (Phi) is 2.21. The molecule has 0 bridgehead atoms. The molecular weight excluding hydrogens is 288 g/mol. The van der Waals surface area contributed by atoms with Crippen molar-refractivity contribution < 1.29 is 9.90 Å². The predicted molar refractivity (Wildman–Crippen MR) is 92.1 cm³/mol. The van der Waals surface area contributed by atoms with E-state index in [9.17, 15) is 9.90 Å². The van der Waals surface area contributed by atoms with Crippen LogP contribution in [0.1, 0.15) is 10.4 Å². The van der Waals surface area contributed by atoms with Crippen LogP contribution in [0.15, 0.2) is 54.6 Å². The number of H-pyrrole nitrogens is 2. The summed E-state index contributed by atoms with van der Waals surface area (Å²) in [6, 6.07) is 17.7. The van der Waals surface area contributed by atoms with E-state index < -0.39 is 5.97 Å². The van der Waals surface area contributed by atoms with E-state index in [1.165, 1.54) is 0 Å². The summed E-state index contributed by atoms with van der Waals surface area (Å²) < 4.78 is 0. The third-order valence-electron chi connectivity index (χ3n) is 4.48. The van der Waals surface area contributed by atoms with E-state index in [1.54, 1.807) is 0 Å². The van der Waals surface area contributed by atoms with E-state index in [4.69, 9.17) is 0 Å². The molecule has 0 saturated carbocycles. The summed E-state index contributed by atoms with van der Waals surface area (Å²) in [6.45, 7) is 0. The maximum atomic E-state index is 12.0. The summed E-state index contributed by atoms with van der Waals surface area (Å²) in [6.07, 6.45) is 0. The van der Waals surface area contributed by atoms with Gasteiger partial charge in [-0.1, -0.05) is 36.4 Å². The molecular formula is C19H12N2O2. The summed E-state index contributed by atoms with van der Waals surface area (Å²) in [5, 5.41) is 13.5. The lowest BCUT2D eigenvalue weighted by Gasteiger charge is -2.02. The van der Waals surface area contributed by atoms with E-state index in [1.807, 2.05) is 54.6 Å². The average Bonchev–Trinajstić information content (AvgIpc) is 3.10. The minimum absolute atomic E-state index is 0.325. The second-order valence-electron chi connectivity index (χ2n) is 5.74. The zero-order valence-corrected chi connectivity index (χ0v) is 12.1. The first-order valence-electron chi connectivity index (χ1n) is 7.41. The van der Waals surface area contributed by atoms with Crippen molar-refractivity contribution in [2.75, 3.05) is 0 Å². The molecule has 0 amide bonds. The number of aromatic carboxylic acids is 1. The molecule has 23 heavy (non-hydrogen) atoms. The van der Waals surface area contributed by atoms with Gasteiger partial charge in [-0.3, -0.25) is 0 Å². The van der Waals surface area contributed by atoms with Crippen molar-refractivity contribution in [1.29, 1.82) is 0 Å². The van der Waals surface area contributed by atoms with Crippen LogP contribution in [0.25, 0.3) is 43.6 Å². The number of rotatable bonds is 1. The Bertz CT molecular complexity index is 1240. The molecule has 0 spiro atoms. The quantitative estimate of drug-likeness (QED) is 0.421. The Morgan fingerprint density at radius 3 is 2.17 bits per heavy atom. The Labute approximate surface area is 130 Å². The molecule has 0 atom stereocenters. The van der Waals surface area contributed by atoms with Crippen LogP contribution in [0.2, 0.25) is 0 Å². The summed E-state index contributed by atoms with van der Waals surface area (Å²) in [7, 11) is 0. The number of nitrogens with one attached hydrogen (secondary N) is 2. The van der Waals surface area contributed by atoms with E-state index in [2.05, 4.69) is 9.97 Å². The van der Waals surface area contributed by atoms with Gasteiger partial charge in [-0.2, -0.15) is 0 Å². The van der Waals surface area contributed by atoms with E-state index >= 15 is 0 Å². The van der Waals surface area contributed by atoms with Crippen molar-refractivity contribution in [1.82, 2.24) is 9.97 Å². The Balaban J connectivity index is 2.13. The first-order valence-corrected chi connectivity index (χ1v) is 7.41. The van der Waals surface area contributed by atoms with Gasteiger partial charge in [0.25, 0.3) is 0 Å². The fourth-order valence-corrected chi connectivity index (χ4v) is 3.53. The lowest BCUT2D eigenvalue weighted by molar-refractivity contribution is 0.0701. The Hall–Kier alpha value is -3.27. The van der Waals surface area contributed by atoms with E-state index in [-0.39, 0.29) is 0 Å². The van der Waals surface area contributed by atoms with Crippen LogP contribution in [-0.4, -0.2) is 21.0 Å². The maximum absolute atomic E-state index is 12.0. The van der Waals surface area contributed by atoms with Gasteiger partial charge in [0.05, 0.1) is 11.1 Å². The van der Waals surface area contributed by atoms with Crippen molar-refractivity contribution in [3.05, 3.63) is 60.2 Å². The van der Waals surface area contributed by atoms with Gasteiger partial charge < -0.3 is 15.1 Å². The third-order valence-corrected chi connectivity index (χ3v) is 4.48. The van der Waals surface area contributed by atoms with Gasteiger partial charge in [0, 0.05) is 38.1 Å². The molecule has 2 aromatic heterocycles. The van der Waals surface area contributed by atoms with Crippen molar-refractivity contribution in [2.45, 2.75) is 0 Å². The first kappa shape index (κ1) is 12.3. The van der Waals surface area contributed by atoms with Gasteiger partial charge in [-0.05, 0) is 18.2 Å². The van der Waals surface area contributed by atoms with Gasteiger partial charge in [-0.25, -0.2) is 4.79 Å². The largest absolute Gasteiger partial charge is 0.478 e. The summed E-state index contributed by atoms with van der Waals surface area (Å²) >= 11 is 0. The number of fused-ring (bicyclic) bond motifs is 6. The van der Waals surface area contributed by atoms with E-state index in [0.717, 1.165) is 38.1 Å². The third kappa shape index (κ3) is 1.52. The molecule has 110 valence electrons. The molecule has 0 saturated heterocycles. The predicted octanol–water partition coefficient (Wildman–Crippen LogP) is 4.65. The van der Waals surface area contributed by atoms with Gasteiger partial charge in [-0.15, -0.1) is 0 Å². The molecule has 0 aliphatic carbocycles. The Morgan fingerprint density at radius 2 is 1.43 bits per heavy atom. The molecule has 0 radical (unpaired) electrons. The highest BCUT2D eigenvalue weighted by atomic mass is 16.4. The fraction of sp³-hybridized carbons (Fsp3) is 0. The molecule has 3 N–H and O–H groups in total. The minimum atomic E-state index is -0.920. The number of carboxylic acids is 1. The van der Waals surface area contributed by atoms with E-state index in [0.29, 0.717) is 11.1 Å². The second-order valence-corrected chi connectivity index (χ2v) is 5.74. The van der Waals surface area contributed by atoms with Gasteiger partial charge in [0.15, 0.2) is 0 Å². The number of carbonyl (C=O) groups is 1. The molecule has 4 heteroatoms. The van der Waals surface area contributed by atoms with Crippen LogP contribution in [0.5, 0.6) is 0 Å². The second kappa shape index (κ2) is 4.14. The number of aromatic amines is 2. The molecule has 0 unspecified atom stereocenters. The molecule has 3 aromatic carbocycles. The molecule has 2 heterocycles. The van der Waals surface area contributed by atoms with Crippen molar-refractivity contribution >= 4 is 49.6 Å². The number of benzene rings is 3. The standard InChI is InChI=1S/C19H12N2O2/c22-19(23)17-16-11-6-2-4-8-14(11)20-15(16)9-12-10-5-1-3-7-13(10)21-18(12)17/h1-9,20-21H,(H,22,23). The number of hydrogen-bond donors (Lipinski definition) is 3. The highest BCUT2D eigenvalue weighted by Gasteiger charge is 2.20. The lowest BCUT2D eigenvalue weighted by Crippen LogP contribution is -1.98.